The number of aromatic nitrogens is 1. The molecular weight excluding hydrogens is 232 g/mol. The van der Waals surface area contributed by atoms with Crippen LogP contribution in [0.25, 0.3) is 10.9 Å². The minimum atomic E-state index is 0.108. The molecule has 1 heterocycles. The van der Waals surface area contributed by atoms with Gasteiger partial charge in [-0.05, 0) is 50.3 Å². The Balaban J connectivity index is 1.99. The van der Waals surface area contributed by atoms with Gasteiger partial charge in [0.05, 0.1) is 5.02 Å². The van der Waals surface area contributed by atoms with Crippen LogP contribution in [0.1, 0.15) is 30.5 Å². The number of halogens is 1. The lowest BCUT2D eigenvalue weighted by atomic mass is 10.0. The molecule has 0 amide bonds. The SMILES string of the molecule is Cc1[nH]c2cccc(Cl)c2c1CCC1(N)CC1. The molecule has 0 saturated heterocycles. The molecule has 1 aliphatic rings. The molecule has 0 atom stereocenters. The largest absolute Gasteiger partial charge is 0.358 e. The van der Waals surface area contributed by atoms with Gasteiger partial charge in [-0.25, -0.2) is 0 Å². The second kappa shape index (κ2) is 3.76. The molecule has 0 unspecified atom stereocenters. The zero-order valence-corrected chi connectivity index (χ0v) is 10.8. The fraction of sp³-hybridized carbons (Fsp3) is 0.429. The molecule has 2 nitrogen and oxygen atoms in total. The summed E-state index contributed by atoms with van der Waals surface area (Å²) in [5.74, 6) is 0. The third-order valence-corrected chi connectivity index (χ3v) is 4.17. The average Bonchev–Trinajstić information content (AvgIpc) is 2.91. The predicted octanol–water partition coefficient (Wildman–Crippen LogP) is 3.55. The van der Waals surface area contributed by atoms with Gasteiger partial charge in [0, 0.05) is 22.1 Å². The molecule has 3 heteroatoms. The van der Waals surface area contributed by atoms with Gasteiger partial charge in [-0.2, -0.15) is 0 Å². The van der Waals surface area contributed by atoms with E-state index in [4.69, 9.17) is 17.3 Å². The highest BCUT2D eigenvalue weighted by Gasteiger charge is 2.37. The van der Waals surface area contributed by atoms with Crippen LogP contribution < -0.4 is 5.73 Å². The maximum atomic E-state index is 6.29. The molecule has 3 N–H and O–H groups in total. The van der Waals surface area contributed by atoms with E-state index in [9.17, 15) is 0 Å². The number of hydrogen-bond acceptors (Lipinski definition) is 1. The Hall–Kier alpha value is -0.990. The van der Waals surface area contributed by atoms with E-state index >= 15 is 0 Å². The van der Waals surface area contributed by atoms with E-state index in [0.717, 1.165) is 23.4 Å². The molecule has 1 fully saturated rings. The first-order valence-corrected chi connectivity index (χ1v) is 6.51. The van der Waals surface area contributed by atoms with Crippen molar-refractivity contribution >= 4 is 22.5 Å². The Morgan fingerprint density at radius 1 is 1.41 bits per heavy atom. The lowest BCUT2D eigenvalue weighted by Gasteiger charge is -2.08. The monoisotopic (exact) mass is 248 g/mol. The summed E-state index contributed by atoms with van der Waals surface area (Å²) in [6.45, 7) is 2.11. The predicted molar refractivity (Wildman–Crippen MR) is 72.5 cm³/mol. The van der Waals surface area contributed by atoms with Gasteiger partial charge in [-0.3, -0.25) is 0 Å². The molecule has 1 aromatic carbocycles. The third-order valence-electron chi connectivity index (χ3n) is 3.86. The minimum Gasteiger partial charge on any atom is -0.358 e. The molecule has 1 aliphatic carbocycles. The normalized spacial score (nSPS) is 17.6. The van der Waals surface area contributed by atoms with Crippen LogP contribution in [-0.4, -0.2) is 10.5 Å². The second-order valence-electron chi connectivity index (χ2n) is 5.25. The zero-order chi connectivity index (χ0) is 12.0. The Labute approximate surface area is 106 Å². The quantitative estimate of drug-likeness (QED) is 0.857. The summed E-state index contributed by atoms with van der Waals surface area (Å²) in [6.07, 6.45) is 4.42. The molecule has 3 rings (SSSR count). The molecule has 0 bridgehead atoms. The van der Waals surface area contributed by atoms with E-state index in [0.29, 0.717) is 0 Å². The van der Waals surface area contributed by atoms with Crippen LogP contribution in [0.5, 0.6) is 0 Å². The molecule has 0 aliphatic heterocycles. The highest BCUT2D eigenvalue weighted by Crippen LogP contribution is 2.38. The molecule has 2 aromatic rings. The van der Waals surface area contributed by atoms with Crippen molar-refractivity contribution in [3.05, 3.63) is 34.5 Å². The number of rotatable bonds is 3. The number of nitrogens with one attached hydrogen (secondary N) is 1. The lowest BCUT2D eigenvalue weighted by molar-refractivity contribution is 0.609. The minimum absolute atomic E-state index is 0.108. The third kappa shape index (κ3) is 1.96. The van der Waals surface area contributed by atoms with E-state index < -0.39 is 0 Å². The number of nitrogens with two attached hydrogens (primary N) is 1. The number of hydrogen-bond donors (Lipinski definition) is 2. The number of H-pyrrole nitrogens is 1. The molecule has 0 spiro atoms. The number of benzene rings is 1. The van der Waals surface area contributed by atoms with Crippen molar-refractivity contribution in [1.29, 1.82) is 0 Å². The molecule has 1 aromatic heterocycles. The van der Waals surface area contributed by atoms with E-state index in [1.165, 1.54) is 29.5 Å². The Morgan fingerprint density at radius 3 is 2.88 bits per heavy atom. The summed E-state index contributed by atoms with van der Waals surface area (Å²) in [5, 5.41) is 2.01. The van der Waals surface area contributed by atoms with Gasteiger partial charge < -0.3 is 10.7 Å². The average molecular weight is 249 g/mol. The smallest absolute Gasteiger partial charge is 0.0502 e. The van der Waals surface area contributed by atoms with Crippen LogP contribution in [0.3, 0.4) is 0 Å². The molecule has 17 heavy (non-hydrogen) atoms. The van der Waals surface area contributed by atoms with Gasteiger partial charge in [-0.15, -0.1) is 0 Å². The van der Waals surface area contributed by atoms with E-state index in [1.807, 2.05) is 12.1 Å². The van der Waals surface area contributed by atoms with Crippen LogP contribution in [0.4, 0.5) is 0 Å². The molecular formula is C14H17ClN2. The van der Waals surface area contributed by atoms with Crippen LogP contribution >= 0.6 is 11.6 Å². The first kappa shape index (κ1) is 11.1. The van der Waals surface area contributed by atoms with Crippen molar-refractivity contribution in [3.63, 3.8) is 0 Å². The van der Waals surface area contributed by atoms with Crippen molar-refractivity contribution in [2.24, 2.45) is 5.73 Å². The van der Waals surface area contributed by atoms with Crippen molar-refractivity contribution in [2.75, 3.05) is 0 Å². The van der Waals surface area contributed by atoms with Crippen LogP contribution in [0.15, 0.2) is 18.2 Å². The van der Waals surface area contributed by atoms with Gasteiger partial charge in [0.15, 0.2) is 0 Å². The van der Waals surface area contributed by atoms with Gasteiger partial charge in [0.1, 0.15) is 0 Å². The van der Waals surface area contributed by atoms with Crippen molar-refractivity contribution in [1.82, 2.24) is 4.98 Å². The van der Waals surface area contributed by atoms with Gasteiger partial charge >= 0.3 is 0 Å². The van der Waals surface area contributed by atoms with Crippen molar-refractivity contribution < 1.29 is 0 Å². The summed E-state index contributed by atoms with van der Waals surface area (Å²) in [6, 6.07) is 6.01. The second-order valence-corrected chi connectivity index (χ2v) is 5.66. The summed E-state index contributed by atoms with van der Waals surface area (Å²) in [5.41, 5.74) is 9.95. The molecule has 90 valence electrons. The number of aromatic amines is 1. The fourth-order valence-corrected chi connectivity index (χ4v) is 2.79. The lowest BCUT2D eigenvalue weighted by Crippen LogP contribution is -2.22. The van der Waals surface area contributed by atoms with Crippen LogP contribution in [-0.2, 0) is 6.42 Å². The Bertz CT molecular complexity index is 567. The summed E-state index contributed by atoms with van der Waals surface area (Å²) < 4.78 is 0. The van der Waals surface area contributed by atoms with Crippen molar-refractivity contribution in [3.8, 4) is 0 Å². The topological polar surface area (TPSA) is 41.8 Å². The van der Waals surface area contributed by atoms with E-state index in [1.54, 1.807) is 0 Å². The Kier molecular flexibility index (Phi) is 2.46. The van der Waals surface area contributed by atoms with E-state index in [2.05, 4.69) is 18.0 Å². The summed E-state index contributed by atoms with van der Waals surface area (Å²) in [7, 11) is 0. The van der Waals surface area contributed by atoms with Crippen LogP contribution in [0.2, 0.25) is 5.02 Å². The highest BCUT2D eigenvalue weighted by molar-refractivity contribution is 6.35. The summed E-state index contributed by atoms with van der Waals surface area (Å²) in [4.78, 5) is 3.40. The zero-order valence-electron chi connectivity index (χ0n) is 10.0. The Morgan fingerprint density at radius 2 is 2.18 bits per heavy atom. The molecule has 0 radical (unpaired) electrons. The number of aryl methyl sites for hydroxylation is 2. The maximum absolute atomic E-state index is 6.29. The van der Waals surface area contributed by atoms with Gasteiger partial charge in [0.25, 0.3) is 0 Å². The first-order chi connectivity index (χ1) is 8.09. The number of fused-ring (bicyclic) bond motifs is 1. The van der Waals surface area contributed by atoms with Gasteiger partial charge in [0.2, 0.25) is 0 Å². The molecule has 1 saturated carbocycles. The maximum Gasteiger partial charge on any atom is 0.0502 e. The first-order valence-electron chi connectivity index (χ1n) is 6.14. The highest BCUT2D eigenvalue weighted by atomic mass is 35.5. The fourth-order valence-electron chi connectivity index (χ4n) is 2.50. The van der Waals surface area contributed by atoms with Crippen molar-refractivity contribution in [2.45, 2.75) is 38.1 Å². The van der Waals surface area contributed by atoms with Gasteiger partial charge in [-0.1, -0.05) is 17.7 Å². The van der Waals surface area contributed by atoms with E-state index in [-0.39, 0.29) is 5.54 Å². The standard InChI is InChI=1S/C14H17ClN2/c1-9-10(5-6-14(16)7-8-14)13-11(15)3-2-4-12(13)17-9/h2-4,17H,5-8,16H2,1H3. The van der Waals surface area contributed by atoms with Crippen LogP contribution in [0, 0.1) is 6.92 Å². The summed E-state index contributed by atoms with van der Waals surface area (Å²) >= 11 is 6.29.